The second kappa shape index (κ2) is 12.3. The molecule has 0 spiro atoms. The van der Waals surface area contributed by atoms with Crippen LogP contribution >= 0.6 is 0 Å². The first-order valence-electron chi connectivity index (χ1n) is 13.3. The maximum Gasteiger partial charge on any atom is 0.341 e. The van der Waals surface area contributed by atoms with Crippen molar-refractivity contribution < 1.29 is 44.4 Å². The van der Waals surface area contributed by atoms with Gasteiger partial charge in [-0.3, -0.25) is 13.9 Å². The zero-order valence-electron chi connectivity index (χ0n) is 24.8. The molecule has 240 valence electrons. The summed E-state index contributed by atoms with van der Waals surface area (Å²) in [6, 6.07) is 15.7. The summed E-state index contributed by atoms with van der Waals surface area (Å²) in [7, 11) is -12.2. The number of carboxylic acids is 1. The number of aliphatic carboxylic acids is 1. The third-order valence-electron chi connectivity index (χ3n) is 7.05. The molecule has 0 unspecified atom stereocenters. The predicted octanol–water partition coefficient (Wildman–Crippen LogP) is 3.77. The second-order valence-electron chi connectivity index (χ2n) is 10.6. The van der Waals surface area contributed by atoms with Crippen LogP contribution < -0.4 is 14.3 Å². The van der Waals surface area contributed by atoms with Gasteiger partial charge in [-0.05, 0) is 60.4 Å². The number of amides is 1. The van der Waals surface area contributed by atoms with Gasteiger partial charge in [0, 0.05) is 23.7 Å². The number of nitrogens with zero attached hydrogens (tertiary/aromatic N) is 1. The lowest BCUT2D eigenvalue weighted by Crippen LogP contribution is -2.44. The van der Waals surface area contributed by atoms with E-state index in [1.54, 1.807) is 57.2 Å². The van der Waals surface area contributed by atoms with Gasteiger partial charge in [0.05, 0.1) is 16.8 Å². The van der Waals surface area contributed by atoms with Gasteiger partial charge in [0.25, 0.3) is 14.8 Å². The third kappa shape index (κ3) is 6.73. The average Bonchev–Trinajstić information content (AvgIpc) is 3.31. The van der Waals surface area contributed by atoms with Gasteiger partial charge in [-0.15, -0.1) is 0 Å². The molecule has 0 fully saturated rings. The average molecular weight is 678 g/mol. The highest BCUT2D eigenvalue weighted by atomic mass is 33.2. The number of furan rings is 1. The zero-order valence-corrected chi connectivity index (χ0v) is 27.2. The van der Waals surface area contributed by atoms with E-state index >= 15 is 0 Å². The molecule has 3 N–H and O–H groups in total. The van der Waals surface area contributed by atoms with Crippen LogP contribution in [-0.4, -0.2) is 61.6 Å². The largest absolute Gasteiger partial charge is 0.480 e. The zero-order chi connectivity index (χ0) is 33.5. The van der Waals surface area contributed by atoms with Gasteiger partial charge in [0.15, 0.2) is 5.76 Å². The van der Waals surface area contributed by atoms with Crippen molar-refractivity contribution in [3.63, 3.8) is 0 Å². The molecule has 1 aromatic heterocycles. The molecule has 0 radical (unpaired) electrons. The Labute approximate surface area is 260 Å². The van der Waals surface area contributed by atoms with E-state index in [-0.39, 0.29) is 27.3 Å². The minimum atomic E-state index is -4.74. The number of nitrogens with one attached hydrogen (secondary N) is 2. The van der Waals surface area contributed by atoms with Gasteiger partial charge in [0.2, 0.25) is 10.0 Å². The lowest BCUT2D eigenvalue weighted by molar-refractivity contribution is -0.140. The highest BCUT2D eigenvalue weighted by molar-refractivity contribution is 8.67. The van der Waals surface area contributed by atoms with E-state index in [1.165, 1.54) is 30.3 Å². The summed E-state index contributed by atoms with van der Waals surface area (Å²) in [4.78, 5) is 24.5. The van der Waals surface area contributed by atoms with Crippen molar-refractivity contribution in [1.82, 2.24) is 4.72 Å². The Hall–Kier alpha value is -4.25. The van der Waals surface area contributed by atoms with E-state index in [2.05, 4.69) is 10.0 Å². The van der Waals surface area contributed by atoms with Gasteiger partial charge < -0.3 is 14.8 Å². The third-order valence-corrected chi connectivity index (χ3v) is 13.1. The highest BCUT2D eigenvalue weighted by Gasteiger charge is 2.33. The first-order valence-corrected chi connectivity index (χ1v) is 18.7. The van der Waals surface area contributed by atoms with Crippen molar-refractivity contribution >= 4 is 62.2 Å². The fourth-order valence-corrected chi connectivity index (χ4v) is 8.15. The summed E-state index contributed by atoms with van der Waals surface area (Å²) in [5, 5.41) is 12.3. The summed E-state index contributed by atoms with van der Waals surface area (Å²) in [6.45, 7) is 4.75. The van der Waals surface area contributed by atoms with E-state index in [0.717, 1.165) is 7.05 Å². The monoisotopic (exact) mass is 677 g/mol. The maximum atomic E-state index is 13.2. The summed E-state index contributed by atoms with van der Waals surface area (Å²) in [6.07, 6.45) is 0.592. The quantitative estimate of drug-likeness (QED) is 0.197. The molecule has 4 aromatic rings. The van der Waals surface area contributed by atoms with Crippen LogP contribution in [-0.2, 0) is 32.7 Å². The number of hydrogen-bond donors (Lipinski definition) is 3. The number of fused-ring (bicyclic) bond motifs is 1. The lowest BCUT2D eigenvalue weighted by Gasteiger charge is -2.18. The number of carboxylic acid groups (broad SMARTS) is 1. The Bertz CT molecular complexity index is 2100. The number of sulfonamides is 1. The van der Waals surface area contributed by atoms with Gasteiger partial charge in [-0.1, -0.05) is 44.2 Å². The van der Waals surface area contributed by atoms with Crippen LogP contribution in [0.15, 0.2) is 76.0 Å². The minimum Gasteiger partial charge on any atom is -0.480 e. The number of carbonyl (C=O) groups is 2. The standard InChI is InChI=1S/C29H31N3O10S3/c1-17(2)26(29(34)35)31-44(38,39)22-15-11-20(12-16-22)19-9-13-21(14-10-19)30-28(33)27-18(3)25-23(7-6-8-24(25)42-27)32(4)45(40,41)43(5,36)37/h6-17,26,31H,1-5H3,(H,30,33)(H,34,35)/t26-/m0/s1. The van der Waals surface area contributed by atoms with Crippen molar-refractivity contribution in [1.29, 1.82) is 0 Å². The van der Waals surface area contributed by atoms with Gasteiger partial charge in [0.1, 0.15) is 11.6 Å². The van der Waals surface area contributed by atoms with Crippen LogP contribution in [0.25, 0.3) is 22.1 Å². The van der Waals surface area contributed by atoms with Crippen LogP contribution in [0.4, 0.5) is 11.4 Å². The van der Waals surface area contributed by atoms with Crippen LogP contribution in [0, 0.1) is 12.8 Å². The molecule has 0 aliphatic carbocycles. The van der Waals surface area contributed by atoms with Crippen LogP contribution in [0.1, 0.15) is 30.0 Å². The van der Waals surface area contributed by atoms with Crippen LogP contribution in [0.5, 0.6) is 0 Å². The molecular weight excluding hydrogens is 647 g/mol. The second-order valence-corrected chi connectivity index (χ2v) is 18.2. The van der Waals surface area contributed by atoms with E-state index in [1.807, 2.05) is 0 Å². The molecule has 0 aliphatic rings. The first kappa shape index (κ1) is 33.6. The fraction of sp³-hybridized carbons (Fsp3) is 0.241. The maximum absolute atomic E-state index is 13.2. The molecule has 16 heteroatoms. The normalized spacial score (nSPS) is 13.1. The molecule has 0 aliphatic heterocycles. The summed E-state index contributed by atoms with van der Waals surface area (Å²) in [5.41, 5.74) is 2.29. The Morgan fingerprint density at radius 3 is 1.93 bits per heavy atom. The molecule has 1 amide bonds. The van der Waals surface area contributed by atoms with Gasteiger partial charge in [-0.2, -0.15) is 13.1 Å². The lowest BCUT2D eigenvalue weighted by atomic mass is 10.1. The van der Waals surface area contributed by atoms with E-state index in [0.29, 0.717) is 32.9 Å². The molecule has 1 heterocycles. The van der Waals surface area contributed by atoms with Gasteiger partial charge >= 0.3 is 15.0 Å². The summed E-state index contributed by atoms with van der Waals surface area (Å²) in [5.74, 6) is -2.46. The minimum absolute atomic E-state index is 0.0267. The number of rotatable bonds is 11. The van der Waals surface area contributed by atoms with Crippen LogP contribution in [0.2, 0.25) is 0 Å². The highest BCUT2D eigenvalue weighted by Crippen LogP contribution is 2.35. The Morgan fingerprint density at radius 1 is 0.867 bits per heavy atom. The fourth-order valence-electron chi connectivity index (χ4n) is 4.55. The number of carbonyl (C=O) groups excluding carboxylic acids is 1. The van der Waals surface area contributed by atoms with E-state index in [4.69, 9.17) is 4.42 Å². The van der Waals surface area contributed by atoms with Crippen molar-refractivity contribution in [2.45, 2.75) is 31.7 Å². The Balaban J connectivity index is 1.54. The van der Waals surface area contributed by atoms with Crippen LogP contribution in [0.3, 0.4) is 0 Å². The number of anilines is 2. The van der Waals surface area contributed by atoms with Crippen molar-refractivity contribution in [2.75, 3.05) is 22.9 Å². The Kier molecular flexibility index (Phi) is 9.17. The molecule has 1 atom stereocenters. The molecule has 0 bridgehead atoms. The molecular formula is C29H31N3O10S3. The predicted molar refractivity (Wildman–Crippen MR) is 170 cm³/mol. The summed E-state index contributed by atoms with van der Waals surface area (Å²) < 4.78 is 82.8. The van der Waals surface area contributed by atoms with Crippen molar-refractivity contribution in [3.8, 4) is 11.1 Å². The first-order chi connectivity index (χ1) is 20.8. The number of aryl methyl sites for hydroxylation is 1. The SMILES string of the molecule is Cc1c(C(=O)Nc2ccc(-c3ccc(S(=O)(=O)N[C@H](C(=O)O)C(C)C)cc3)cc2)oc2cccc(N(C)S(=O)(=O)S(C)(=O)=O)c12. The van der Waals surface area contributed by atoms with E-state index < -0.39 is 51.8 Å². The number of benzene rings is 3. The van der Waals surface area contributed by atoms with Gasteiger partial charge in [-0.25, -0.2) is 16.8 Å². The van der Waals surface area contributed by atoms with Crippen molar-refractivity contribution in [3.05, 3.63) is 78.1 Å². The number of hydrogen-bond acceptors (Lipinski definition) is 9. The molecule has 45 heavy (non-hydrogen) atoms. The molecule has 13 nitrogen and oxygen atoms in total. The van der Waals surface area contributed by atoms with Crippen molar-refractivity contribution in [2.24, 2.45) is 5.92 Å². The topological polar surface area (TPSA) is 197 Å². The molecule has 0 saturated heterocycles. The summed E-state index contributed by atoms with van der Waals surface area (Å²) >= 11 is 0. The molecule has 4 rings (SSSR count). The smallest absolute Gasteiger partial charge is 0.341 e. The Morgan fingerprint density at radius 2 is 1.42 bits per heavy atom. The molecule has 3 aromatic carbocycles. The molecule has 0 saturated carbocycles. The van der Waals surface area contributed by atoms with E-state index in [9.17, 15) is 39.9 Å².